The topological polar surface area (TPSA) is 62.5 Å². The lowest BCUT2D eigenvalue weighted by Gasteiger charge is -2.33. The van der Waals surface area contributed by atoms with Gasteiger partial charge in [0.25, 0.3) is 6.01 Å². The quantitative estimate of drug-likeness (QED) is 0.692. The molecule has 146 valence electrons. The largest absolute Gasteiger partial charge is 0.404 e. The number of anilines is 1. The summed E-state index contributed by atoms with van der Waals surface area (Å²) >= 11 is 0. The number of hydrogen-bond acceptors (Lipinski definition) is 5. The first-order chi connectivity index (χ1) is 13.5. The maximum atomic E-state index is 13.3. The lowest BCUT2D eigenvalue weighted by Crippen LogP contribution is -2.49. The molecule has 1 saturated heterocycles. The van der Waals surface area contributed by atoms with E-state index in [-0.39, 0.29) is 5.91 Å². The summed E-state index contributed by atoms with van der Waals surface area (Å²) in [6, 6.07) is 9.98. The molecule has 0 saturated carbocycles. The van der Waals surface area contributed by atoms with Crippen LogP contribution in [-0.4, -0.2) is 47.0 Å². The standard InChI is InChI=1S/C21H23FN4O2/c1-14(2)16-5-3-15(4-6-16)11-19(27)25-7-9-26(10-8-25)21-24-18-12-17(22)13-23-20(18)28-21/h3-6,12-14H,7-11H2,1-2H3. The first kappa shape index (κ1) is 18.4. The Morgan fingerprint density at radius 3 is 2.57 bits per heavy atom. The normalized spacial score (nSPS) is 14.9. The molecule has 3 heterocycles. The zero-order valence-electron chi connectivity index (χ0n) is 16.1. The molecule has 1 aliphatic rings. The minimum atomic E-state index is -0.441. The van der Waals surface area contributed by atoms with Crippen LogP contribution in [0.15, 0.2) is 40.9 Å². The third kappa shape index (κ3) is 3.83. The van der Waals surface area contributed by atoms with Gasteiger partial charge in [0.05, 0.1) is 12.6 Å². The maximum absolute atomic E-state index is 13.3. The second-order valence-corrected chi connectivity index (χ2v) is 7.42. The van der Waals surface area contributed by atoms with Crippen molar-refractivity contribution < 1.29 is 13.6 Å². The predicted molar refractivity (Wildman–Crippen MR) is 105 cm³/mol. The van der Waals surface area contributed by atoms with Gasteiger partial charge in [-0.05, 0) is 17.0 Å². The fourth-order valence-electron chi connectivity index (χ4n) is 3.38. The molecule has 1 aromatic carbocycles. The second-order valence-electron chi connectivity index (χ2n) is 7.42. The summed E-state index contributed by atoms with van der Waals surface area (Å²) in [5.74, 6) is 0.166. The van der Waals surface area contributed by atoms with Crippen LogP contribution in [0.5, 0.6) is 0 Å². The Bertz CT molecular complexity index is 976. The monoisotopic (exact) mass is 382 g/mol. The smallest absolute Gasteiger partial charge is 0.299 e. The van der Waals surface area contributed by atoms with Gasteiger partial charge in [-0.1, -0.05) is 38.1 Å². The molecular weight excluding hydrogens is 359 g/mol. The molecule has 0 aliphatic carbocycles. The average molecular weight is 382 g/mol. The van der Waals surface area contributed by atoms with E-state index in [0.29, 0.717) is 55.8 Å². The van der Waals surface area contributed by atoms with Gasteiger partial charge in [-0.2, -0.15) is 4.98 Å². The number of carbonyl (C=O) groups excluding carboxylic acids is 1. The summed E-state index contributed by atoms with van der Waals surface area (Å²) in [4.78, 5) is 24.7. The van der Waals surface area contributed by atoms with Crippen LogP contribution < -0.4 is 4.90 Å². The molecule has 4 rings (SSSR count). The van der Waals surface area contributed by atoms with Crippen molar-refractivity contribution >= 4 is 23.2 Å². The van der Waals surface area contributed by atoms with Crippen molar-refractivity contribution in [1.29, 1.82) is 0 Å². The van der Waals surface area contributed by atoms with E-state index in [1.165, 1.54) is 11.6 Å². The van der Waals surface area contributed by atoms with E-state index in [4.69, 9.17) is 4.42 Å². The van der Waals surface area contributed by atoms with Gasteiger partial charge in [0, 0.05) is 32.2 Å². The van der Waals surface area contributed by atoms with E-state index in [9.17, 15) is 9.18 Å². The summed E-state index contributed by atoms with van der Waals surface area (Å²) in [5, 5.41) is 0. The van der Waals surface area contributed by atoms with Crippen LogP contribution in [0, 0.1) is 5.82 Å². The van der Waals surface area contributed by atoms with E-state index in [0.717, 1.165) is 11.8 Å². The number of amides is 1. The second kappa shape index (κ2) is 7.58. The van der Waals surface area contributed by atoms with Crippen molar-refractivity contribution in [3.8, 4) is 0 Å². The van der Waals surface area contributed by atoms with Gasteiger partial charge >= 0.3 is 0 Å². The van der Waals surface area contributed by atoms with Crippen LogP contribution >= 0.6 is 0 Å². The van der Waals surface area contributed by atoms with Crippen LogP contribution in [0.1, 0.15) is 30.9 Å². The van der Waals surface area contributed by atoms with Crippen LogP contribution in [0.25, 0.3) is 11.2 Å². The predicted octanol–water partition coefficient (Wildman–Crippen LogP) is 3.38. The number of fused-ring (bicyclic) bond motifs is 1. The maximum Gasteiger partial charge on any atom is 0.299 e. The molecule has 6 nitrogen and oxygen atoms in total. The van der Waals surface area contributed by atoms with Gasteiger partial charge in [0.15, 0.2) is 0 Å². The van der Waals surface area contributed by atoms with E-state index < -0.39 is 5.82 Å². The molecule has 0 bridgehead atoms. The highest BCUT2D eigenvalue weighted by Gasteiger charge is 2.24. The van der Waals surface area contributed by atoms with Crippen molar-refractivity contribution in [2.45, 2.75) is 26.2 Å². The highest BCUT2D eigenvalue weighted by atomic mass is 19.1. The van der Waals surface area contributed by atoms with E-state index in [2.05, 4.69) is 35.9 Å². The van der Waals surface area contributed by atoms with Crippen molar-refractivity contribution in [3.63, 3.8) is 0 Å². The molecule has 0 unspecified atom stereocenters. The van der Waals surface area contributed by atoms with Crippen molar-refractivity contribution in [2.24, 2.45) is 0 Å². The first-order valence-corrected chi connectivity index (χ1v) is 9.53. The Kier molecular flexibility index (Phi) is 4.98. The molecule has 2 aromatic heterocycles. The van der Waals surface area contributed by atoms with Crippen molar-refractivity contribution in [2.75, 3.05) is 31.1 Å². The fourth-order valence-corrected chi connectivity index (χ4v) is 3.38. The molecule has 0 spiro atoms. The number of rotatable bonds is 4. The molecule has 0 N–H and O–H groups in total. The number of halogens is 1. The Morgan fingerprint density at radius 1 is 1.18 bits per heavy atom. The van der Waals surface area contributed by atoms with Gasteiger partial charge in [0.1, 0.15) is 11.3 Å². The number of hydrogen-bond donors (Lipinski definition) is 0. The Labute approximate surface area is 163 Å². The number of pyridine rings is 1. The number of benzene rings is 1. The third-order valence-corrected chi connectivity index (χ3v) is 5.11. The molecule has 0 radical (unpaired) electrons. The number of carbonyl (C=O) groups is 1. The van der Waals surface area contributed by atoms with Crippen LogP contribution in [0.3, 0.4) is 0 Å². The summed E-state index contributed by atoms with van der Waals surface area (Å²) in [6.45, 7) is 6.75. The molecule has 1 amide bonds. The Balaban J connectivity index is 1.35. The first-order valence-electron chi connectivity index (χ1n) is 9.53. The van der Waals surface area contributed by atoms with E-state index in [1.807, 2.05) is 21.9 Å². The van der Waals surface area contributed by atoms with Crippen LogP contribution in [0.2, 0.25) is 0 Å². The minimum Gasteiger partial charge on any atom is -0.404 e. The zero-order valence-corrected chi connectivity index (χ0v) is 16.1. The zero-order chi connectivity index (χ0) is 19.7. The van der Waals surface area contributed by atoms with Crippen LogP contribution in [0.4, 0.5) is 10.4 Å². The lowest BCUT2D eigenvalue weighted by molar-refractivity contribution is -0.130. The van der Waals surface area contributed by atoms with E-state index >= 15 is 0 Å². The molecule has 1 aliphatic heterocycles. The summed E-state index contributed by atoms with van der Waals surface area (Å²) in [7, 11) is 0. The summed E-state index contributed by atoms with van der Waals surface area (Å²) in [5.41, 5.74) is 3.03. The summed E-state index contributed by atoms with van der Waals surface area (Å²) < 4.78 is 18.9. The average Bonchev–Trinajstić information content (AvgIpc) is 3.11. The number of nitrogens with zero attached hydrogens (tertiary/aromatic N) is 4. The van der Waals surface area contributed by atoms with Crippen molar-refractivity contribution in [1.82, 2.24) is 14.9 Å². The molecule has 28 heavy (non-hydrogen) atoms. The van der Waals surface area contributed by atoms with Gasteiger partial charge in [-0.25, -0.2) is 9.37 Å². The van der Waals surface area contributed by atoms with Gasteiger partial charge in [-0.15, -0.1) is 0 Å². The van der Waals surface area contributed by atoms with E-state index in [1.54, 1.807) is 0 Å². The highest BCUT2D eigenvalue weighted by molar-refractivity contribution is 5.79. The van der Waals surface area contributed by atoms with Crippen LogP contribution in [-0.2, 0) is 11.2 Å². The minimum absolute atomic E-state index is 0.123. The number of piperazine rings is 1. The highest BCUT2D eigenvalue weighted by Crippen LogP contribution is 2.22. The SMILES string of the molecule is CC(C)c1ccc(CC(=O)N2CCN(c3nc4cc(F)cnc4o3)CC2)cc1. The summed E-state index contributed by atoms with van der Waals surface area (Å²) in [6.07, 6.45) is 1.52. The van der Waals surface area contributed by atoms with Gasteiger partial charge < -0.3 is 14.2 Å². The lowest BCUT2D eigenvalue weighted by atomic mass is 10.0. The molecule has 0 atom stereocenters. The van der Waals surface area contributed by atoms with Gasteiger partial charge in [-0.3, -0.25) is 4.79 Å². The van der Waals surface area contributed by atoms with Gasteiger partial charge in [0.2, 0.25) is 11.6 Å². The number of oxazole rings is 1. The molecule has 7 heteroatoms. The Morgan fingerprint density at radius 2 is 1.89 bits per heavy atom. The Hall–Kier alpha value is -2.96. The fraction of sp³-hybridized carbons (Fsp3) is 0.381. The molecule has 3 aromatic rings. The van der Waals surface area contributed by atoms with Crippen molar-refractivity contribution in [3.05, 3.63) is 53.5 Å². The number of aromatic nitrogens is 2. The molecule has 1 fully saturated rings. The molecular formula is C21H23FN4O2. The third-order valence-electron chi connectivity index (χ3n) is 5.11.